The van der Waals surface area contributed by atoms with Crippen LogP contribution in [0.5, 0.6) is 0 Å². The Morgan fingerprint density at radius 1 is 1.44 bits per heavy atom. The molecule has 0 aromatic carbocycles. The first-order valence-electron chi connectivity index (χ1n) is 5.28. The maximum atomic E-state index is 10.9. The molecule has 0 unspecified atom stereocenters. The van der Waals surface area contributed by atoms with E-state index in [0.717, 1.165) is 12.8 Å². The van der Waals surface area contributed by atoms with Crippen molar-refractivity contribution >= 4 is 11.8 Å². The van der Waals surface area contributed by atoms with Gasteiger partial charge in [-0.2, -0.15) is 0 Å². The molecule has 5 nitrogen and oxygen atoms in total. The Bertz CT molecular complexity index is 379. The van der Waals surface area contributed by atoms with E-state index in [2.05, 4.69) is 23.8 Å². The van der Waals surface area contributed by atoms with Crippen LogP contribution in [-0.4, -0.2) is 21.0 Å². The van der Waals surface area contributed by atoms with Crippen LogP contribution in [0.2, 0.25) is 0 Å². The number of aromatic nitrogens is 2. The van der Waals surface area contributed by atoms with E-state index in [9.17, 15) is 4.79 Å². The van der Waals surface area contributed by atoms with Crippen LogP contribution < -0.4 is 5.73 Å². The molecule has 0 radical (unpaired) electrons. The minimum absolute atomic E-state index is 0.00768. The van der Waals surface area contributed by atoms with Crippen LogP contribution in [-0.2, 0) is 6.42 Å². The number of rotatable bonds is 4. The summed E-state index contributed by atoms with van der Waals surface area (Å²) < 4.78 is 0. The summed E-state index contributed by atoms with van der Waals surface area (Å²) in [5.41, 5.74) is 6.03. The molecule has 0 aliphatic heterocycles. The maximum absolute atomic E-state index is 10.9. The molecule has 0 amide bonds. The van der Waals surface area contributed by atoms with Crippen LogP contribution in [0.4, 0.5) is 5.82 Å². The lowest BCUT2D eigenvalue weighted by Crippen LogP contribution is -2.12. The minimum Gasteiger partial charge on any atom is -0.477 e. The number of hydrogen-bond donors (Lipinski definition) is 2. The number of anilines is 1. The number of carbonyl (C=O) groups is 1. The van der Waals surface area contributed by atoms with Gasteiger partial charge in [-0.25, -0.2) is 14.8 Å². The Labute approximate surface area is 94.7 Å². The van der Waals surface area contributed by atoms with E-state index in [4.69, 9.17) is 10.8 Å². The van der Waals surface area contributed by atoms with Crippen molar-refractivity contribution in [2.75, 3.05) is 5.73 Å². The van der Waals surface area contributed by atoms with Gasteiger partial charge in [0.05, 0.1) is 5.69 Å². The van der Waals surface area contributed by atoms with Gasteiger partial charge < -0.3 is 10.8 Å². The van der Waals surface area contributed by atoms with Gasteiger partial charge in [0.25, 0.3) is 0 Å². The molecule has 5 heteroatoms. The normalized spacial score (nSPS) is 10.8. The largest absolute Gasteiger partial charge is 0.477 e. The molecular formula is C11H17N3O2. The Kier molecular flexibility index (Phi) is 3.82. The fourth-order valence-electron chi connectivity index (χ4n) is 1.45. The molecule has 0 atom stereocenters. The molecule has 0 saturated carbocycles. The summed E-state index contributed by atoms with van der Waals surface area (Å²) in [5.74, 6) is 0.155. The van der Waals surface area contributed by atoms with Crippen molar-refractivity contribution in [3.05, 3.63) is 17.1 Å². The first-order valence-corrected chi connectivity index (χ1v) is 5.28. The van der Waals surface area contributed by atoms with Crippen molar-refractivity contribution in [3.63, 3.8) is 0 Å². The first-order chi connectivity index (χ1) is 7.41. The summed E-state index contributed by atoms with van der Waals surface area (Å²) in [6.45, 7) is 5.87. The lowest BCUT2D eigenvalue weighted by atomic mass is 10.1. The number of nitrogens with zero attached hydrogens (tertiary/aromatic N) is 2. The predicted octanol–water partition coefficient (Wildman–Crippen LogP) is 1.65. The molecule has 0 bridgehead atoms. The summed E-state index contributed by atoms with van der Waals surface area (Å²) in [7, 11) is 0. The van der Waals surface area contributed by atoms with Gasteiger partial charge in [0, 0.05) is 6.42 Å². The molecule has 1 heterocycles. The van der Waals surface area contributed by atoms with E-state index in [1.54, 1.807) is 6.92 Å². The van der Waals surface area contributed by atoms with E-state index in [-0.39, 0.29) is 11.4 Å². The standard InChI is InChI=1S/C11H17N3O2/c1-6(2)4-5-8-13-7(3)9(11(15)16)10(12)14-8/h6H,4-5H2,1-3H3,(H,15,16)(H2,12,13,14). The Balaban J connectivity index is 2.96. The molecule has 1 aromatic rings. The molecule has 0 saturated heterocycles. The Morgan fingerprint density at radius 3 is 2.50 bits per heavy atom. The summed E-state index contributed by atoms with van der Waals surface area (Å²) in [6, 6.07) is 0. The van der Waals surface area contributed by atoms with E-state index >= 15 is 0 Å². The molecule has 0 aliphatic carbocycles. The van der Waals surface area contributed by atoms with E-state index < -0.39 is 5.97 Å². The van der Waals surface area contributed by atoms with Crippen molar-refractivity contribution in [3.8, 4) is 0 Å². The number of aryl methyl sites for hydroxylation is 2. The minimum atomic E-state index is -1.08. The highest BCUT2D eigenvalue weighted by Gasteiger charge is 2.15. The lowest BCUT2D eigenvalue weighted by molar-refractivity contribution is 0.0696. The number of nitrogens with two attached hydrogens (primary N) is 1. The van der Waals surface area contributed by atoms with Gasteiger partial charge in [0.1, 0.15) is 17.2 Å². The molecule has 3 N–H and O–H groups in total. The molecule has 88 valence electrons. The molecular weight excluding hydrogens is 206 g/mol. The summed E-state index contributed by atoms with van der Waals surface area (Å²) >= 11 is 0. The molecule has 0 spiro atoms. The predicted molar refractivity (Wildman–Crippen MR) is 61.3 cm³/mol. The number of hydrogen-bond acceptors (Lipinski definition) is 4. The molecule has 1 rings (SSSR count). The molecule has 16 heavy (non-hydrogen) atoms. The number of nitrogen functional groups attached to an aromatic ring is 1. The van der Waals surface area contributed by atoms with Crippen molar-refractivity contribution in [1.29, 1.82) is 0 Å². The van der Waals surface area contributed by atoms with E-state index in [1.807, 2.05) is 0 Å². The van der Waals surface area contributed by atoms with Crippen molar-refractivity contribution in [2.45, 2.75) is 33.6 Å². The smallest absolute Gasteiger partial charge is 0.341 e. The van der Waals surface area contributed by atoms with Crippen molar-refractivity contribution in [1.82, 2.24) is 9.97 Å². The second kappa shape index (κ2) is 4.92. The highest BCUT2D eigenvalue weighted by molar-refractivity contribution is 5.93. The van der Waals surface area contributed by atoms with Crippen LogP contribution in [0.3, 0.4) is 0 Å². The third kappa shape index (κ3) is 2.92. The fourth-order valence-corrected chi connectivity index (χ4v) is 1.45. The monoisotopic (exact) mass is 223 g/mol. The molecule has 0 aliphatic rings. The Morgan fingerprint density at radius 2 is 2.06 bits per heavy atom. The van der Waals surface area contributed by atoms with Crippen LogP contribution in [0.25, 0.3) is 0 Å². The highest BCUT2D eigenvalue weighted by atomic mass is 16.4. The zero-order chi connectivity index (χ0) is 12.3. The average Bonchev–Trinajstić information content (AvgIpc) is 2.12. The third-order valence-electron chi connectivity index (χ3n) is 2.32. The highest BCUT2D eigenvalue weighted by Crippen LogP contribution is 2.14. The van der Waals surface area contributed by atoms with Crippen LogP contribution in [0.1, 0.15) is 42.1 Å². The van der Waals surface area contributed by atoms with Crippen LogP contribution in [0.15, 0.2) is 0 Å². The average molecular weight is 223 g/mol. The van der Waals surface area contributed by atoms with Gasteiger partial charge in [-0.15, -0.1) is 0 Å². The van der Waals surface area contributed by atoms with Gasteiger partial charge >= 0.3 is 5.97 Å². The summed E-state index contributed by atoms with van der Waals surface area (Å²) in [4.78, 5) is 19.0. The number of carboxylic acids is 1. The lowest BCUT2D eigenvalue weighted by Gasteiger charge is -2.08. The van der Waals surface area contributed by atoms with E-state index in [0.29, 0.717) is 17.4 Å². The van der Waals surface area contributed by atoms with Gasteiger partial charge in [-0.3, -0.25) is 0 Å². The van der Waals surface area contributed by atoms with Gasteiger partial charge in [-0.05, 0) is 19.3 Å². The first kappa shape index (κ1) is 12.4. The number of aromatic carboxylic acids is 1. The van der Waals surface area contributed by atoms with Gasteiger partial charge in [0.15, 0.2) is 0 Å². The SMILES string of the molecule is Cc1nc(CCC(C)C)nc(N)c1C(=O)O. The number of carboxylic acid groups (broad SMARTS) is 1. The third-order valence-corrected chi connectivity index (χ3v) is 2.32. The van der Waals surface area contributed by atoms with Crippen molar-refractivity contribution in [2.24, 2.45) is 5.92 Å². The second-order valence-corrected chi connectivity index (χ2v) is 4.22. The Hall–Kier alpha value is -1.65. The van der Waals surface area contributed by atoms with E-state index in [1.165, 1.54) is 0 Å². The summed E-state index contributed by atoms with van der Waals surface area (Å²) in [5, 5.41) is 8.90. The summed E-state index contributed by atoms with van der Waals surface area (Å²) in [6.07, 6.45) is 1.69. The van der Waals surface area contributed by atoms with Crippen LogP contribution in [0, 0.1) is 12.8 Å². The quantitative estimate of drug-likeness (QED) is 0.810. The molecule has 0 fully saturated rings. The van der Waals surface area contributed by atoms with Crippen molar-refractivity contribution < 1.29 is 9.90 Å². The van der Waals surface area contributed by atoms with Gasteiger partial charge in [-0.1, -0.05) is 13.8 Å². The topological polar surface area (TPSA) is 89.1 Å². The van der Waals surface area contributed by atoms with Gasteiger partial charge in [0.2, 0.25) is 0 Å². The second-order valence-electron chi connectivity index (χ2n) is 4.22. The zero-order valence-corrected chi connectivity index (χ0v) is 9.82. The maximum Gasteiger partial charge on any atom is 0.341 e. The zero-order valence-electron chi connectivity index (χ0n) is 9.82. The molecule has 1 aromatic heterocycles. The fraction of sp³-hybridized carbons (Fsp3) is 0.545. The van der Waals surface area contributed by atoms with Crippen LogP contribution >= 0.6 is 0 Å².